The van der Waals surface area contributed by atoms with Crippen molar-refractivity contribution in [1.82, 2.24) is 0 Å². The molecule has 0 aromatic heterocycles. The first-order valence-electron chi connectivity index (χ1n) is 5.22. The smallest absolute Gasteiger partial charge is 0.127 e. The van der Waals surface area contributed by atoms with E-state index in [9.17, 15) is 9.50 Å². The molecule has 2 rings (SSSR count). The summed E-state index contributed by atoms with van der Waals surface area (Å²) in [5.41, 5.74) is 1.39. The highest BCUT2D eigenvalue weighted by molar-refractivity contribution is 9.10. The van der Waals surface area contributed by atoms with E-state index in [2.05, 4.69) is 21.2 Å². The van der Waals surface area contributed by atoms with E-state index in [0.717, 1.165) is 16.2 Å². The lowest BCUT2D eigenvalue weighted by atomic mass is 10.2. The first kappa shape index (κ1) is 13.2. The molecular weight excluding hydrogens is 321 g/mol. The molecule has 5 heteroatoms. The second kappa shape index (κ2) is 5.59. The molecule has 0 amide bonds. The number of anilines is 1. The number of phenols is 1. The number of benzene rings is 2. The van der Waals surface area contributed by atoms with E-state index >= 15 is 0 Å². The fraction of sp³-hybridized carbons (Fsp3) is 0.0769. The molecule has 0 aliphatic rings. The van der Waals surface area contributed by atoms with Gasteiger partial charge in [-0.05, 0) is 35.9 Å². The van der Waals surface area contributed by atoms with Crippen molar-refractivity contribution in [3.63, 3.8) is 0 Å². The van der Waals surface area contributed by atoms with Crippen LogP contribution in [0.1, 0.15) is 5.56 Å². The van der Waals surface area contributed by atoms with Crippen LogP contribution in [0.15, 0.2) is 40.9 Å². The average Bonchev–Trinajstić information content (AvgIpc) is 2.29. The zero-order chi connectivity index (χ0) is 13.1. The van der Waals surface area contributed by atoms with Gasteiger partial charge in [-0.2, -0.15) is 0 Å². The largest absolute Gasteiger partial charge is 0.508 e. The predicted molar refractivity (Wildman–Crippen MR) is 74.5 cm³/mol. The highest BCUT2D eigenvalue weighted by atomic mass is 79.9. The molecule has 18 heavy (non-hydrogen) atoms. The van der Waals surface area contributed by atoms with E-state index in [1.807, 2.05) is 12.1 Å². The van der Waals surface area contributed by atoms with Gasteiger partial charge < -0.3 is 10.4 Å². The lowest BCUT2D eigenvalue weighted by molar-refractivity contribution is 0.468. The molecule has 0 aliphatic carbocycles. The number of aromatic hydroxyl groups is 1. The molecule has 0 saturated carbocycles. The quantitative estimate of drug-likeness (QED) is 0.864. The SMILES string of the molecule is Oc1cc(F)cc(CNc2cc(Br)ccc2Cl)c1. The Bertz CT molecular complexity index is 557. The first-order valence-corrected chi connectivity index (χ1v) is 6.39. The van der Waals surface area contributed by atoms with E-state index in [-0.39, 0.29) is 5.75 Å². The van der Waals surface area contributed by atoms with Gasteiger partial charge in [-0.15, -0.1) is 0 Å². The second-order valence-electron chi connectivity index (χ2n) is 3.80. The number of nitrogens with one attached hydrogen (secondary N) is 1. The molecule has 0 unspecified atom stereocenters. The zero-order valence-electron chi connectivity index (χ0n) is 9.25. The van der Waals surface area contributed by atoms with Crippen molar-refractivity contribution in [2.75, 3.05) is 5.32 Å². The van der Waals surface area contributed by atoms with Crippen LogP contribution in [0.2, 0.25) is 5.02 Å². The van der Waals surface area contributed by atoms with Crippen molar-refractivity contribution in [2.24, 2.45) is 0 Å². The number of phenolic OH excluding ortho intramolecular Hbond substituents is 1. The average molecular weight is 331 g/mol. The molecule has 0 atom stereocenters. The fourth-order valence-electron chi connectivity index (χ4n) is 1.57. The van der Waals surface area contributed by atoms with Crippen LogP contribution in [0.25, 0.3) is 0 Å². The summed E-state index contributed by atoms with van der Waals surface area (Å²) in [6, 6.07) is 9.36. The van der Waals surface area contributed by atoms with Crippen LogP contribution in [0.4, 0.5) is 10.1 Å². The molecule has 2 N–H and O–H groups in total. The number of rotatable bonds is 3. The maximum atomic E-state index is 13.1. The van der Waals surface area contributed by atoms with E-state index in [1.165, 1.54) is 12.1 Å². The molecule has 2 aromatic rings. The maximum Gasteiger partial charge on any atom is 0.127 e. The van der Waals surface area contributed by atoms with Gasteiger partial charge in [0.15, 0.2) is 0 Å². The molecular formula is C13H10BrClFNO. The Morgan fingerprint density at radius 1 is 1.22 bits per heavy atom. The van der Waals surface area contributed by atoms with Crippen LogP contribution in [-0.4, -0.2) is 5.11 Å². The zero-order valence-corrected chi connectivity index (χ0v) is 11.6. The van der Waals surface area contributed by atoms with Gasteiger partial charge in [-0.3, -0.25) is 0 Å². The third-order valence-electron chi connectivity index (χ3n) is 2.35. The predicted octanol–water partition coefficient (Wildman–Crippen LogP) is 4.56. The summed E-state index contributed by atoms with van der Waals surface area (Å²) in [4.78, 5) is 0. The van der Waals surface area contributed by atoms with Gasteiger partial charge in [0.25, 0.3) is 0 Å². The van der Waals surface area contributed by atoms with Crippen LogP contribution in [-0.2, 0) is 6.54 Å². The van der Waals surface area contributed by atoms with Crippen LogP contribution < -0.4 is 5.32 Å². The molecule has 0 heterocycles. The Kier molecular flexibility index (Phi) is 4.09. The van der Waals surface area contributed by atoms with Crippen molar-refractivity contribution < 1.29 is 9.50 Å². The third-order valence-corrected chi connectivity index (χ3v) is 3.18. The molecule has 2 aromatic carbocycles. The summed E-state index contributed by atoms with van der Waals surface area (Å²) >= 11 is 9.37. The highest BCUT2D eigenvalue weighted by Gasteiger charge is 2.03. The third kappa shape index (κ3) is 3.37. The van der Waals surface area contributed by atoms with Crippen molar-refractivity contribution in [2.45, 2.75) is 6.54 Å². The molecule has 2 nitrogen and oxygen atoms in total. The molecule has 0 bridgehead atoms. The van der Waals surface area contributed by atoms with Gasteiger partial charge in [0, 0.05) is 17.1 Å². The van der Waals surface area contributed by atoms with Gasteiger partial charge in [0.05, 0.1) is 10.7 Å². The summed E-state index contributed by atoms with van der Waals surface area (Å²) in [5.74, 6) is -0.556. The van der Waals surface area contributed by atoms with Crippen molar-refractivity contribution in [3.8, 4) is 5.75 Å². The maximum absolute atomic E-state index is 13.1. The standard InChI is InChI=1S/C13H10BrClFNO/c14-9-1-2-12(15)13(5-9)17-7-8-3-10(16)6-11(18)4-8/h1-6,17-18H,7H2. The Morgan fingerprint density at radius 2 is 2.00 bits per heavy atom. The minimum Gasteiger partial charge on any atom is -0.508 e. The summed E-state index contributed by atoms with van der Waals surface area (Å²) in [5, 5.41) is 13.0. The highest BCUT2D eigenvalue weighted by Crippen LogP contribution is 2.26. The summed E-state index contributed by atoms with van der Waals surface area (Å²) < 4.78 is 14.0. The lowest BCUT2D eigenvalue weighted by Crippen LogP contribution is -2.00. The lowest BCUT2D eigenvalue weighted by Gasteiger charge is -2.09. The monoisotopic (exact) mass is 329 g/mol. The number of hydrogen-bond donors (Lipinski definition) is 2. The van der Waals surface area contributed by atoms with E-state index in [1.54, 1.807) is 6.07 Å². The van der Waals surface area contributed by atoms with Crippen molar-refractivity contribution >= 4 is 33.2 Å². The Hall–Kier alpha value is -1.26. The fourth-order valence-corrected chi connectivity index (χ4v) is 2.11. The topological polar surface area (TPSA) is 32.3 Å². The number of hydrogen-bond acceptors (Lipinski definition) is 2. The molecule has 0 saturated heterocycles. The van der Waals surface area contributed by atoms with Crippen molar-refractivity contribution in [1.29, 1.82) is 0 Å². The summed E-state index contributed by atoms with van der Waals surface area (Å²) in [6.07, 6.45) is 0. The van der Waals surface area contributed by atoms with E-state index in [4.69, 9.17) is 11.6 Å². The van der Waals surface area contributed by atoms with Gasteiger partial charge in [0.2, 0.25) is 0 Å². The molecule has 0 fully saturated rings. The van der Waals surface area contributed by atoms with E-state index in [0.29, 0.717) is 17.1 Å². The second-order valence-corrected chi connectivity index (χ2v) is 5.12. The van der Waals surface area contributed by atoms with Crippen molar-refractivity contribution in [3.05, 3.63) is 57.3 Å². The van der Waals surface area contributed by atoms with Gasteiger partial charge in [0.1, 0.15) is 11.6 Å². The molecule has 94 valence electrons. The Labute approximate surface area is 118 Å². The van der Waals surface area contributed by atoms with Crippen LogP contribution in [0.3, 0.4) is 0 Å². The summed E-state index contributed by atoms with van der Waals surface area (Å²) in [6.45, 7) is 0.376. The minimum atomic E-state index is -0.466. The Balaban J connectivity index is 2.13. The van der Waals surface area contributed by atoms with Gasteiger partial charge in [-0.25, -0.2) is 4.39 Å². The normalized spacial score (nSPS) is 10.4. The molecule has 0 spiro atoms. The van der Waals surface area contributed by atoms with Gasteiger partial charge in [-0.1, -0.05) is 27.5 Å². The van der Waals surface area contributed by atoms with Crippen LogP contribution >= 0.6 is 27.5 Å². The minimum absolute atomic E-state index is 0.0906. The van der Waals surface area contributed by atoms with Gasteiger partial charge >= 0.3 is 0 Å². The molecule has 0 aliphatic heterocycles. The number of halogens is 3. The van der Waals surface area contributed by atoms with Crippen LogP contribution in [0.5, 0.6) is 5.75 Å². The van der Waals surface area contributed by atoms with E-state index < -0.39 is 5.82 Å². The first-order chi connectivity index (χ1) is 8.54. The summed E-state index contributed by atoms with van der Waals surface area (Å²) in [7, 11) is 0. The molecule has 0 radical (unpaired) electrons. The Morgan fingerprint density at radius 3 is 2.72 bits per heavy atom. The van der Waals surface area contributed by atoms with Crippen LogP contribution in [0, 0.1) is 5.82 Å².